The second-order valence-corrected chi connectivity index (χ2v) is 6.18. The van der Waals surface area contributed by atoms with Crippen molar-refractivity contribution in [3.8, 4) is 0 Å². The lowest BCUT2D eigenvalue weighted by atomic mass is 10.2. The molecule has 0 saturated carbocycles. The third kappa shape index (κ3) is 1.52. The molecule has 2 rings (SSSR count). The predicted octanol–water partition coefficient (Wildman–Crippen LogP) is -0.472. The zero-order valence-corrected chi connectivity index (χ0v) is 9.27. The van der Waals surface area contributed by atoms with Gasteiger partial charge in [-0.1, -0.05) is 6.08 Å². The molecular weight excluding hydrogens is 220 g/mol. The van der Waals surface area contributed by atoms with Crippen LogP contribution in [0.2, 0.25) is 0 Å². The summed E-state index contributed by atoms with van der Waals surface area (Å²) < 4.78 is 22.7. The average Bonchev–Trinajstić information content (AvgIpc) is 2.47. The molecule has 2 fully saturated rings. The van der Waals surface area contributed by atoms with Gasteiger partial charge in [-0.25, -0.2) is 8.42 Å². The van der Waals surface area contributed by atoms with Crippen molar-refractivity contribution < 1.29 is 8.42 Å². The van der Waals surface area contributed by atoms with E-state index in [1.54, 1.807) is 6.08 Å². The highest BCUT2D eigenvalue weighted by molar-refractivity contribution is 7.91. The molecule has 0 aromatic rings. The van der Waals surface area contributed by atoms with Gasteiger partial charge < -0.3 is 10.2 Å². The van der Waals surface area contributed by atoms with E-state index in [0.29, 0.717) is 11.7 Å². The molecule has 6 heteroatoms. The van der Waals surface area contributed by atoms with Crippen LogP contribution in [-0.4, -0.2) is 48.6 Å². The number of nitrogens with zero attached hydrogens (tertiary/aromatic N) is 1. The van der Waals surface area contributed by atoms with Crippen molar-refractivity contribution in [2.45, 2.75) is 12.1 Å². The number of thiocarbonyl (C=S) groups is 1. The molecule has 0 aromatic carbocycles. The third-order valence-corrected chi connectivity index (χ3v) is 4.69. The van der Waals surface area contributed by atoms with Crippen LogP contribution in [0.1, 0.15) is 0 Å². The Labute approximate surface area is 88.9 Å². The van der Waals surface area contributed by atoms with Crippen LogP contribution in [0.15, 0.2) is 12.7 Å². The van der Waals surface area contributed by atoms with E-state index in [4.69, 9.17) is 12.2 Å². The molecule has 0 aromatic heterocycles. The van der Waals surface area contributed by atoms with Crippen LogP contribution in [0.4, 0.5) is 0 Å². The van der Waals surface area contributed by atoms with E-state index < -0.39 is 9.84 Å². The molecule has 4 nitrogen and oxygen atoms in total. The van der Waals surface area contributed by atoms with Gasteiger partial charge in [0.1, 0.15) is 0 Å². The smallest absolute Gasteiger partial charge is 0.169 e. The molecule has 0 spiro atoms. The topological polar surface area (TPSA) is 49.4 Å². The summed E-state index contributed by atoms with van der Waals surface area (Å²) in [5.41, 5.74) is 0. The summed E-state index contributed by atoms with van der Waals surface area (Å²) in [5.74, 6) is 0.407. The van der Waals surface area contributed by atoms with Crippen LogP contribution in [0.25, 0.3) is 0 Å². The number of fused-ring (bicyclic) bond motifs is 1. The Morgan fingerprint density at radius 1 is 1.64 bits per heavy atom. The first-order valence-corrected chi connectivity index (χ1v) is 6.65. The van der Waals surface area contributed by atoms with Crippen molar-refractivity contribution in [3.05, 3.63) is 12.7 Å². The van der Waals surface area contributed by atoms with E-state index in [9.17, 15) is 8.42 Å². The molecule has 2 heterocycles. The summed E-state index contributed by atoms with van der Waals surface area (Å²) in [6.07, 6.45) is 1.74. The standard InChI is InChI=1S/C8H12N2O2S2/c1-2-3-10-7-5-14(11,12)4-6(7)9-8(10)13/h2,6-7H,1,3-5H2,(H,9,13)/t6-,7+/m1/s1. The lowest BCUT2D eigenvalue weighted by Gasteiger charge is -2.20. The highest BCUT2D eigenvalue weighted by atomic mass is 32.2. The van der Waals surface area contributed by atoms with Gasteiger partial charge in [-0.3, -0.25) is 0 Å². The molecule has 0 bridgehead atoms. The van der Waals surface area contributed by atoms with Gasteiger partial charge in [0, 0.05) is 6.54 Å². The van der Waals surface area contributed by atoms with Gasteiger partial charge in [0.25, 0.3) is 0 Å². The van der Waals surface area contributed by atoms with E-state index in [1.165, 1.54) is 0 Å². The molecule has 78 valence electrons. The molecule has 0 aliphatic carbocycles. The Morgan fingerprint density at radius 2 is 2.36 bits per heavy atom. The largest absolute Gasteiger partial charge is 0.357 e. The van der Waals surface area contributed by atoms with Gasteiger partial charge in [0.15, 0.2) is 14.9 Å². The predicted molar refractivity (Wildman–Crippen MR) is 58.9 cm³/mol. The fourth-order valence-corrected chi connectivity index (χ4v) is 4.31. The third-order valence-electron chi connectivity index (χ3n) is 2.62. The van der Waals surface area contributed by atoms with Crippen LogP contribution in [0.5, 0.6) is 0 Å². The molecule has 14 heavy (non-hydrogen) atoms. The zero-order valence-electron chi connectivity index (χ0n) is 7.64. The van der Waals surface area contributed by atoms with Crippen molar-refractivity contribution in [2.75, 3.05) is 18.1 Å². The first-order valence-electron chi connectivity index (χ1n) is 4.42. The maximum Gasteiger partial charge on any atom is 0.169 e. The van der Waals surface area contributed by atoms with Crippen LogP contribution in [0, 0.1) is 0 Å². The zero-order chi connectivity index (χ0) is 10.3. The molecule has 1 N–H and O–H groups in total. The number of sulfone groups is 1. The van der Waals surface area contributed by atoms with Gasteiger partial charge >= 0.3 is 0 Å². The first-order chi connectivity index (χ1) is 6.53. The lowest BCUT2D eigenvalue weighted by Crippen LogP contribution is -2.36. The fourth-order valence-electron chi connectivity index (χ4n) is 2.02. The van der Waals surface area contributed by atoms with E-state index in [2.05, 4.69) is 11.9 Å². The van der Waals surface area contributed by atoms with Crippen molar-refractivity contribution in [1.82, 2.24) is 10.2 Å². The minimum Gasteiger partial charge on any atom is -0.357 e. The maximum absolute atomic E-state index is 11.4. The molecule has 2 saturated heterocycles. The highest BCUT2D eigenvalue weighted by Crippen LogP contribution is 2.23. The molecule has 2 atom stereocenters. The fraction of sp³-hybridized carbons (Fsp3) is 0.625. The Morgan fingerprint density at radius 3 is 3.00 bits per heavy atom. The second-order valence-electron chi connectivity index (χ2n) is 3.64. The van der Waals surface area contributed by atoms with Crippen molar-refractivity contribution in [3.63, 3.8) is 0 Å². The summed E-state index contributed by atoms with van der Waals surface area (Å²) >= 11 is 5.11. The van der Waals surface area contributed by atoms with Crippen LogP contribution in [0.3, 0.4) is 0 Å². The summed E-state index contributed by atoms with van der Waals surface area (Å²) in [7, 11) is -2.88. The van der Waals surface area contributed by atoms with E-state index in [-0.39, 0.29) is 23.6 Å². The van der Waals surface area contributed by atoms with Crippen molar-refractivity contribution >= 4 is 27.2 Å². The van der Waals surface area contributed by atoms with Crippen molar-refractivity contribution in [2.24, 2.45) is 0 Å². The summed E-state index contributed by atoms with van der Waals surface area (Å²) in [4.78, 5) is 1.90. The number of rotatable bonds is 2. The minimum absolute atomic E-state index is 0.00509. The molecule has 0 amide bonds. The van der Waals surface area contributed by atoms with E-state index >= 15 is 0 Å². The molecular formula is C8H12N2O2S2. The van der Waals surface area contributed by atoms with Crippen LogP contribution < -0.4 is 5.32 Å². The molecule has 2 aliphatic heterocycles. The summed E-state index contributed by atoms with van der Waals surface area (Å²) in [6, 6.07) is -0.0158. The number of nitrogens with one attached hydrogen (secondary N) is 1. The van der Waals surface area contributed by atoms with Crippen LogP contribution in [-0.2, 0) is 9.84 Å². The SMILES string of the molecule is C=CCN1C(=S)N[C@@H]2CS(=O)(=O)C[C@@H]21. The highest BCUT2D eigenvalue weighted by Gasteiger charge is 2.46. The quantitative estimate of drug-likeness (QED) is 0.515. The summed E-state index contributed by atoms with van der Waals surface area (Å²) in [6.45, 7) is 4.24. The van der Waals surface area contributed by atoms with E-state index in [1.807, 2.05) is 4.90 Å². The van der Waals surface area contributed by atoms with Gasteiger partial charge in [-0.15, -0.1) is 6.58 Å². The molecule has 2 aliphatic rings. The molecule has 0 radical (unpaired) electrons. The van der Waals surface area contributed by atoms with Gasteiger partial charge in [-0.05, 0) is 12.2 Å². The summed E-state index contributed by atoms with van der Waals surface area (Å²) in [5, 5.41) is 3.68. The first kappa shape index (κ1) is 9.92. The normalized spacial score (nSPS) is 34.0. The van der Waals surface area contributed by atoms with Crippen LogP contribution >= 0.6 is 12.2 Å². The minimum atomic E-state index is -2.88. The Balaban J connectivity index is 2.21. The average molecular weight is 232 g/mol. The number of hydrogen-bond acceptors (Lipinski definition) is 3. The monoisotopic (exact) mass is 232 g/mol. The Bertz CT molecular complexity index is 377. The number of hydrogen-bond donors (Lipinski definition) is 1. The lowest BCUT2D eigenvalue weighted by molar-refractivity contribution is 0.386. The van der Waals surface area contributed by atoms with E-state index in [0.717, 1.165) is 0 Å². The van der Waals surface area contributed by atoms with Gasteiger partial charge in [0.2, 0.25) is 0 Å². The molecule has 0 unspecified atom stereocenters. The maximum atomic E-state index is 11.4. The van der Waals surface area contributed by atoms with Gasteiger partial charge in [-0.2, -0.15) is 0 Å². The Hall–Kier alpha value is -0.620. The second kappa shape index (κ2) is 3.20. The van der Waals surface area contributed by atoms with Crippen molar-refractivity contribution in [1.29, 1.82) is 0 Å². The Kier molecular flexibility index (Phi) is 2.27. The van der Waals surface area contributed by atoms with Gasteiger partial charge in [0.05, 0.1) is 23.6 Å².